The number of aliphatic imine (C=N–C) groups is 1. The predicted octanol–water partition coefficient (Wildman–Crippen LogP) is 1.36. The summed E-state index contributed by atoms with van der Waals surface area (Å²) in [7, 11) is -1.48. The first kappa shape index (κ1) is 28.4. The Bertz CT molecular complexity index is 550. The third-order valence-electron chi connectivity index (χ3n) is 3.24. The van der Waals surface area contributed by atoms with E-state index in [1.165, 1.54) is 10.6 Å². The van der Waals surface area contributed by atoms with Crippen LogP contribution >= 0.6 is 24.0 Å². The van der Waals surface area contributed by atoms with E-state index in [9.17, 15) is 13.2 Å². The Kier molecular flexibility index (Phi) is 14.9. The second kappa shape index (κ2) is 14.2. The molecule has 0 heterocycles. The van der Waals surface area contributed by atoms with Gasteiger partial charge < -0.3 is 20.7 Å². The fraction of sp³-hybridized carbons (Fsp3) is 0.875. The Morgan fingerprint density at radius 2 is 1.59 bits per heavy atom. The second-order valence-electron chi connectivity index (χ2n) is 6.82. The van der Waals surface area contributed by atoms with E-state index in [1.54, 1.807) is 7.05 Å². The molecule has 0 aliphatic rings. The number of guanidine groups is 1. The zero-order valence-electron chi connectivity index (χ0n) is 17.3. The standard InChI is InChI=1S/C16H35N5O4S.HI/c1-7-21(26(6,23)24)13-9-12-19-14(17-5)18-10-8-11-20-15(22)25-16(2,3)4;/h7-13H2,1-6H3,(H,20,22)(H2,17,18,19);1H. The smallest absolute Gasteiger partial charge is 0.407 e. The first-order chi connectivity index (χ1) is 12.0. The van der Waals surface area contributed by atoms with Crippen LogP contribution in [0.15, 0.2) is 4.99 Å². The van der Waals surface area contributed by atoms with Gasteiger partial charge in [-0.3, -0.25) is 4.99 Å². The van der Waals surface area contributed by atoms with Crippen molar-refractivity contribution in [1.29, 1.82) is 0 Å². The van der Waals surface area contributed by atoms with Crippen LogP contribution in [0.5, 0.6) is 0 Å². The molecule has 162 valence electrons. The molecule has 9 nitrogen and oxygen atoms in total. The SMILES string of the molecule is CCN(CCCNC(=NC)NCCCNC(=O)OC(C)(C)C)S(C)(=O)=O.I. The average molecular weight is 521 g/mol. The number of carbonyl (C=O) groups excluding carboxylic acids is 1. The average Bonchev–Trinajstić information content (AvgIpc) is 2.49. The number of nitrogens with one attached hydrogen (secondary N) is 3. The number of halogens is 1. The van der Waals surface area contributed by atoms with Gasteiger partial charge in [-0.2, -0.15) is 0 Å². The van der Waals surface area contributed by atoms with Gasteiger partial charge in [0.1, 0.15) is 5.60 Å². The van der Waals surface area contributed by atoms with E-state index in [2.05, 4.69) is 20.9 Å². The Hall–Kier alpha value is -0.820. The highest BCUT2D eigenvalue weighted by Crippen LogP contribution is 2.06. The molecule has 0 aliphatic heterocycles. The van der Waals surface area contributed by atoms with Gasteiger partial charge in [-0.25, -0.2) is 17.5 Å². The van der Waals surface area contributed by atoms with Crippen molar-refractivity contribution >= 4 is 46.1 Å². The van der Waals surface area contributed by atoms with Gasteiger partial charge >= 0.3 is 6.09 Å². The second-order valence-corrected chi connectivity index (χ2v) is 8.80. The van der Waals surface area contributed by atoms with Crippen molar-refractivity contribution in [3.8, 4) is 0 Å². The number of hydrogen-bond donors (Lipinski definition) is 3. The maximum Gasteiger partial charge on any atom is 0.407 e. The highest BCUT2D eigenvalue weighted by molar-refractivity contribution is 14.0. The van der Waals surface area contributed by atoms with Gasteiger partial charge in [0.2, 0.25) is 10.0 Å². The number of alkyl carbamates (subject to hydrolysis) is 1. The molecular weight excluding hydrogens is 485 g/mol. The first-order valence-corrected chi connectivity index (χ1v) is 10.7. The molecule has 0 saturated carbocycles. The first-order valence-electron chi connectivity index (χ1n) is 8.86. The topological polar surface area (TPSA) is 112 Å². The number of amides is 1. The summed E-state index contributed by atoms with van der Waals surface area (Å²) >= 11 is 0. The molecule has 0 aromatic carbocycles. The largest absolute Gasteiger partial charge is 0.444 e. The van der Waals surface area contributed by atoms with Crippen LogP contribution in [0.3, 0.4) is 0 Å². The lowest BCUT2D eigenvalue weighted by Crippen LogP contribution is -2.40. The van der Waals surface area contributed by atoms with E-state index in [-0.39, 0.29) is 24.0 Å². The van der Waals surface area contributed by atoms with E-state index in [1.807, 2.05) is 27.7 Å². The Morgan fingerprint density at radius 3 is 2.04 bits per heavy atom. The summed E-state index contributed by atoms with van der Waals surface area (Å²) in [5.41, 5.74) is -0.501. The van der Waals surface area contributed by atoms with Crippen LogP contribution in [0, 0.1) is 0 Å². The van der Waals surface area contributed by atoms with Crippen LogP contribution in [-0.2, 0) is 14.8 Å². The zero-order chi connectivity index (χ0) is 20.2. The Balaban J connectivity index is 0. The third kappa shape index (κ3) is 15.9. The van der Waals surface area contributed by atoms with Gasteiger partial charge in [0.05, 0.1) is 6.26 Å². The monoisotopic (exact) mass is 521 g/mol. The van der Waals surface area contributed by atoms with E-state index in [0.29, 0.717) is 45.1 Å². The lowest BCUT2D eigenvalue weighted by Gasteiger charge is -2.19. The molecule has 3 N–H and O–H groups in total. The lowest BCUT2D eigenvalue weighted by atomic mass is 10.2. The minimum absolute atomic E-state index is 0. The molecular formula is C16H36IN5O4S. The van der Waals surface area contributed by atoms with Gasteiger partial charge in [-0.05, 0) is 33.6 Å². The van der Waals surface area contributed by atoms with Gasteiger partial charge in [0.15, 0.2) is 5.96 Å². The molecule has 0 aliphatic carbocycles. The normalized spacial score (nSPS) is 12.3. The summed E-state index contributed by atoms with van der Waals surface area (Å²) < 4.78 is 29.6. The third-order valence-corrected chi connectivity index (χ3v) is 4.62. The minimum atomic E-state index is -3.15. The van der Waals surface area contributed by atoms with Crippen molar-refractivity contribution in [3.63, 3.8) is 0 Å². The van der Waals surface area contributed by atoms with E-state index in [4.69, 9.17) is 4.74 Å². The number of rotatable bonds is 10. The summed E-state index contributed by atoms with van der Waals surface area (Å²) in [4.78, 5) is 15.6. The molecule has 0 saturated heterocycles. The van der Waals surface area contributed by atoms with Crippen molar-refractivity contribution in [2.45, 2.75) is 46.1 Å². The van der Waals surface area contributed by atoms with Gasteiger partial charge in [0.25, 0.3) is 0 Å². The fourth-order valence-electron chi connectivity index (χ4n) is 2.04. The molecule has 0 fully saturated rings. The highest BCUT2D eigenvalue weighted by atomic mass is 127. The molecule has 0 atom stereocenters. The van der Waals surface area contributed by atoms with Gasteiger partial charge in [-0.1, -0.05) is 6.92 Å². The number of ether oxygens (including phenoxy) is 1. The maximum absolute atomic E-state index is 11.5. The van der Waals surface area contributed by atoms with Crippen molar-refractivity contribution in [2.24, 2.45) is 4.99 Å². The van der Waals surface area contributed by atoms with Crippen molar-refractivity contribution in [2.75, 3.05) is 46.0 Å². The predicted molar refractivity (Wildman–Crippen MR) is 120 cm³/mol. The Morgan fingerprint density at radius 1 is 1.07 bits per heavy atom. The van der Waals surface area contributed by atoms with Crippen molar-refractivity contribution in [1.82, 2.24) is 20.3 Å². The molecule has 0 radical (unpaired) electrons. The van der Waals surface area contributed by atoms with E-state index < -0.39 is 21.7 Å². The number of sulfonamides is 1. The molecule has 0 aromatic rings. The van der Waals surface area contributed by atoms with Crippen LogP contribution in [-0.4, -0.2) is 76.4 Å². The molecule has 11 heteroatoms. The molecule has 1 amide bonds. The van der Waals surface area contributed by atoms with Crippen LogP contribution in [0.4, 0.5) is 4.79 Å². The number of carbonyl (C=O) groups is 1. The summed E-state index contributed by atoms with van der Waals surface area (Å²) in [6.45, 7) is 9.97. The summed E-state index contributed by atoms with van der Waals surface area (Å²) in [6, 6.07) is 0. The van der Waals surface area contributed by atoms with Crippen LogP contribution in [0.1, 0.15) is 40.5 Å². The summed E-state index contributed by atoms with van der Waals surface area (Å²) in [6.07, 6.45) is 2.20. The van der Waals surface area contributed by atoms with E-state index in [0.717, 1.165) is 6.42 Å². The van der Waals surface area contributed by atoms with Crippen LogP contribution < -0.4 is 16.0 Å². The summed E-state index contributed by atoms with van der Waals surface area (Å²) in [5.74, 6) is 0.643. The van der Waals surface area contributed by atoms with Gasteiger partial charge in [-0.15, -0.1) is 24.0 Å². The molecule has 0 rings (SSSR count). The van der Waals surface area contributed by atoms with Crippen LogP contribution in [0.25, 0.3) is 0 Å². The molecule has 0 bridgehead atoms. The Labute approximate surface area is 181 Å². The number of hydrogen-bond acceptors (Lipinski definition) is 5. The fourth-order valence-corrected chi connectivity index (χ4v) is 2.97. The van der Waals surface area contributed by atoms with Crippen molar-refractivity contribution < 1.29 is 17.9 Å². The molecule has 0 unspecified atom stereocenters. The molecule has 0 aromatic heterocycles. The van der Waals surface area contributed by atoms with Crippen LogP contribution in [0.2, 0.25) is 0 Å². The quantitative estimate of drug-likeness (QED) is 0.173. The summed E-state index contributed by atoms with van der Waals surface area (Å²) in [5, 5.41) is 8.97. The van der Waals surface area contributed by atoms with Crippen molar-refractivity contribution in [3.05, 3.63) is 0 Å². The number of nitrogens with zero attached hydrogens (tertiary/aromatic N) is 2. The highest BCUT2D eigenvalue weighted by Gasteiger charge is 2.15. The lowest BCUT2D eigenvalue weighted by molar-refractivity contribution is 0.0527. The van der Waals surface area contributed by atoms with Gasteiger partial charge in [0, 0.05) is 39.8 Å². The minimum Gasteiger partial charge on any atom is -0.444 e. The zero-order valence-corrected chi connectivity index (χ0v) is 20.4. The van der Waals surface area contributed by atoms with E-state index >= 15 is 0 Å². The molecule has 0 spiro atoms. The molecule has 27 heavy (non-hydrogen) atoms. The maximum atomic E-state index is 11.5.